The van der Waals surface area contributed by atoms with E-state index in [2.05, 4.69) is 15.6 Å². The first-order valence-corrected chi connectivity index (χ1v) is 6.47. The maximum absolute atomic E-state index is 6.03. The Morgan fingerprint density at radius 1 is 1.21 bits per heavy atom. The Morgan fingerprint density at radius 3 is 2.84 bits per heavy atom. The summed E-state index contributed by atoms with van der Waals surface area (Å²) in [5.41, 5.74) is 9.88. The largest absolute Gasteiger partial charge is 0.342 e. The minimum atomic E-state index is 0.519. The molecule has 2 aromatic heterocycles. The molecule has 0 aliphatic rings. The molecule has 0 aliphatic heterocycles. The molecule has 1 aromatic carbocycles. The highest BCUT2D eigenvalue weighted by molar-refractivity contribution is 6.31. The smallest absolute Gasteiger partial charge is 0.0869 e. The van der Waals surface area contributed by atoms with Gasteiger partial charge in [-0.3, -0.25) is 4.98 Å². The molecule has 3 aromatic rings. The summed E-state index contributed by atoms with van der Waals surface area (Å²) >= 11 is 6.03. The van der Waals surface area contributed by atoms with Crippen molar-refractivity contribution in [2.75, 3.05) is 0 Å². The van der Waals surface area contributed by atoms with Gasteiger partial charge < -0.3 is 10.3 Å². The average Bonchev–Trinajstić information content (AvgIpc) is 2.75. The minimum Gasteiger partial charge on any atom is -0.342 e. The van der Waals surface area contributed by atoms with Gasteiger partial charge in [0.15, 0.2) is 0 Å². The molecule has 4 heteroatoms. The summed E-state index contributed by atoms with van der Waals surface area (Å²) in [5, 5.41) is 1.86. The first-order valence-electron chi connectivity index (χ1n) is 6.09. The van der Waals surface area contributed by atoms with Gasteiger partial charge in [-0.2, -0.15) is 0 Å². The fourth-order valence-electron chi connectivity index (χ4n) is 2.31. The fourth-order valence-corrected chi connectivity index (χ4v) is 2.49. The van der Waals surface area contributed by atoms with E-state index in [9.17, 15) is 0 Å². The number of fused-ring (bicyclic) bond motifs is 1. The number of aromatic nitrogens is 2. The topological polar surface area (TPSA) is 43.8 Å². The van der Waals surface area contributed by atoms with Crippen molar-refractivity contribution >= 4 is 22.5 Å². The molecule has 0 saturated carbocycles. The molecule has 0 atom stereocenters. The van der Waals surface area contributed by atoms with Gasteiger partial charge in [0.05, 0.1) is 11.4 Å². The Kier molecular flexibility index (Phi) is 3.01. The van der Waals surface area contributed by atoms with Crippen LogP contribution < -0.4 is 5.73 Å². The monoisotopic (exact) mass is 271 g/mol. The molecule has 2 N–H and O–H groups in total. The van der Waals surface area contributed by atoms with Crippen molar-refractivity contribution in [1.82, 2.24) is 9.55 Å². The maximum Gasteiger partial charge on any atom is 0.0869 e. The summed E-state index contributed by atoms with van der Waals surface area (Å²) < 4.78 is 2.12. The van der Waals surface area contributed by atoms with Gasteiger partial charge >= 0.3 is 0 Å². The molecular formula is C15H14ClN3. The third-order valence-electron chi connectivity index (χ3n) is 3.33. The molecule has 0 aliphatic carbocycles. The summed E-state index contributed by atoms with van der Waals surface area (Å²) in [6.45, 7) is 0.519. The van der Waals surface area contributed by atoms with E-state index in [0.717, 1.165) is 32.9 Å². The molecule has 2 heterocycles. The van der Waals surface area contributed by atoms with Crippen LogP contribution in [-0.4, -0.2) is 9.55 Å². The normalized spacial score (nSPS) is 11.1. The zero-order valence-corrected chi connectivity index (χ0v) is 11.4. The Labute approximate surface area is 116 Å². The van der Waals surface area contributed by atoms with Crippen LogP contribution in [0.25, 0.3) is 22.3 Å². The van der Waals surface area contributed by atoms with Crippen LogP contribution >= 0.6 is 11.6 Å². The van der Waals surface area contributed by atoms with Crippen molar-refractivity contribution in [2.45, 2.75) is 6.54 Å². The number of hydrogen-bond donors (Lipinski definition) is 1. The lowest BCUT2D eigenvalue weighted by Crippen LogP contribution is -1.98. The molecule has 96 valence electrons. The fraction of sp³-hybridized carbons (Fsp3) is 0.133. The SMILES string of the molecule is Cn1c(-c2cc(CN)ccn2)cc2cc(Cl)ccc21. The second kappa shape index (κ2) is 4.68. The van der Waals surface area contributed by atoms with Crippen molar-refractivity contribution in [3.63, 3.8) is 0 Å². The van der Waals surface area contributed by atoms with E-state index >= 15 is 0 Å². The van der Waals surface area contributed by atoms with Gasteiger partial charge in [-0.15, -0.1) is 0 Å². The number of rotatable bonds is 2. The van der Waals surface area contributed by atoms with Crippen LogP contribution in [0, 0.1) is 0 Å². The van der Waals surface area contributed by atoms with E-state index in [4.69, 9.17) is 17.3 Å². The summed E-state index contributed by atoms with van der Waals surface area (Å²) in [6.07, 6.45) is 1.79. The van der Waals surface area contributed by atoms with Crippen LogP contribution in [-0.2, 0) is 13.6 Å². The predicted molar refractivity (Wildman–Crippen MR) is 79.1 cm³/mol. The maximum atomic E-state index is 6.03. The average molecular weight is 272 g/mol. The van der Waals surface area contributed by atoms with Gasteiger partial charge in [-0.1, -0.05) is 11.6 Å². The lowest BCUT2D eigenvalue weighted by atomic mass is 10.2. The second-order valence-corrected chi connectivity index (χ2v) is 4.98. The molecule has 3 nitrogen and oxygen atoms in total. The van der Waals surface area contributed by atoms with E-state index in [-0.39, 0.29) is 0 Å². The number of pyridine rings is 1. The Hall–Kier alpha value is -1.84. The summed E-state index contributed by atoms with van der Waals surface area (Å²) in [4.78, 5) is 4.43. The van der Waals surface area contributed by atoms with E-state index in [0.29, 0.717) is 6.54 Å². The summed E-state index contributed by atoms with van der Waals surface area (Å²) in [6, 6.07) is 11.9. The van der Waals surface area contributed by atoms with E-state index in [1.165, 1.54) is 0 Å². The van der Waals surface area contributed by atoms with Gasteiger partial charge in [0.1, 0.15) is 0 Å². The zero-order valence-electron chi connectivity index (χ0n) is 10.6. The quantitative estimate of drug-likeness (QED) is 0.777. The molecule has 0 amide bonds. The molecule has 19 heavy (non-hydrogen) atoms. The molecular weight excluding hydrogens is 258 g/mol. The highest BCUT2D eigenvalue weighted by Crippen LogP contribution is 2.28. The number of halogens is 1. The Balaban J connectivity index is 2.21. The highest BCUT2D eigenvalue weighted by Gasteiger charge is 2.09. The van der Waals surface area contributed by atoms with Crippen LogP contribution in [0.4, 0.5) is 0 Å². The van der Waals surface area contributed by atoms with Crippen LogP contribution in [0.5, 0.6) is 0 Å². The number of hydrogen-bond acceptors (Lipinski definition) is 2. The van der Waals surface area contributed by atoms with E-state index in [1.54, 1.807) is 6.20 Å². The Bertz CT molecular complexity index is 746. The molecule has 0 spiro atoms. The molecule has 3 rings (SSSR count). The number of benzene rings is 1. The van der Waals surface area contributed by atoms with E-state index < -0.39 is 0 Å². The summed E-state index contributed by atoms with van der Waals surface area (Å²) in [5.74, 6) is 0. The van der Waals surface area contributed by atoms with Crippen molar-refractivity contribution in [2.24, 2.45) is 12.8 Å². The van der Waals surface area contributed by atoms with E-state index in [1.807, 2.05) is 37.4 Å². The second-order valence-electron chi connectivity index (χ2n) is 4.55. The van der Waals surface area contributed by atoms with Crippen molar-refractivity contribution in [1.29, 1.82) is 0 Å². The minimum absolute atomic E-state index is 0.519. The van der Waals surface area contributed by atoms with Gasteiger partial charge in [-0.05, 0) is 42.0 Å². The molecule has 0 fully saturated rings. The number of nitrogens with two attached hydrogens (primary N) is 1. The number of aryl methyl sites for hydroxylation is 1. The van der Waals surface area contributed by atoms with Crippen LogP contribution in [0.1, 0.15) is 5.56 Å². The molecule has 0 unspecified atom stereocenters. The molecule has 0 bridgehead atoms. The Morgan fingerprint density at radius 2 is 2.05 bits per heavy atom. The predicted octanol–water partition coefficient (Wildman–Crippen LogP) is 3.35. The lowest BCUT2D eigenvalue weighted by Gasteiger charge is -2.05. The highest BCUT2D eigenvalue weighted by atomic mass is 35.5. The third kappa shape index (κ3) is 2.11. The first kappa shape index (κ1) is 12.2. The lowest BCUT2D eigenvalue weighted by molar-refractivity contribution is 0.966. The van der Waals surface area contributed by atoms with Gasteiger partial charge in [0, 0.05) is 35.7 Å². The summed E-state index contributed by atoms with van der Waals surface area (Å²) in [7, 11) is 2.03. The molecule has 0 radical (unpaired) electrons. The van der Waals surface area contributed by atoms with Crippen molar-refractivity contribution in [3.05, 3.63) is 53.2 Å². The van der Waals surface area contributed by atoms with Gasteiger partial charge in [0.25, 0.3) is 0 Å². The van der Waals surface area contributed by atoms with Crippen LogP contribution in [0.3, 0.4) is 0 Å². The van der Waals surface area contributed by atoms with Gasteiger partial charge in [-0.25, -0.2) is 0 Å². The van der Waals surface area contributed by atoms with Crippen molar-refractivity contribution in [3.8, 4) is 11.4 Å². The van der Waals surface area contributed by atoms with Crippen LogP contribution in [0.15, 0.2) is 42.6 Å². The number of nitrogens with zero attached hydrogens (tertiary/aromatic N) is 2. The standard InChI is InChI=1S/C15H14ClN3/c1-19-14-3-2-12(16)7-11(14)8-15(19)13-6-10(9-17)4-5-18-13/h2-8H,9,17H2,1H3. The van der Waals surface area contributed by atoms with Crippen molar-refractivity contribution < 1.29 is 0 Å². The molecule has 0 saturated heterocycles. The third-order valence-corrected chi connectivity index (χ3v) is 3.56. The van der Waals surface area contributed by atoms with Gasteiger partial charge in [0.2, 0.25) is 0 Å². The van der Waals surface area contributed by atoms with Crippen LogP contribution in [0.2, 0.25) is 5.02 Å². The zero-order chi connectivity index (χ0) is 13.4. The first-order chi connectivity index (χ1) is 9.19.